The fraction of sp³-hybridized carbons (Fsp3) is 0.0714. The third-order valence-corrected chi connectivity index (χ3v) is 2.74. The van der Waals surface area contributed by atoms with Crippen LogP contribution in [0.4, 0.5) is 10.2 Å². The van der Waals surface area contributed by atoms with Crippen LogP contribution in [0.3, 0.4) is 0 Å². The minimum Gasteiger partial charge on any atom is -0.508 e. The number of phenolic OH excluding ortho intramolecular Hbond substituents is 1. The Bertz CT molecular complexity index is 846. The van der Waals surface area contributed by atoms with Crippen molar-refractivity contribution in [2.24, 2.45) is 0 Å². The molecule has 3 rings (SSSR count). The number of hydrogen-bond donors (Lipinski definition) is 2. The van der Waals surface area contributed by atoms with Crippen LogP contribution in [-0.2, 0) is 0 Å². The number of rotatable bonds is 2. The molecule has 0 aliphatic heterocycles. The maximum atomic E-state index is 14.1. The van der Waals surface area contributed by atoms with Gasteiger partial charge in [0.2, 0.25) is 5.95 Å². The summed E-state index contributed by atoms with van der Waals surface area (Å²) < 4.78 is 40.8. The molecule has 0 aliphatic carbocycles. The predicted molar refractivity (Wildman–Crippen MR) is 70.6 cm³/mol. The lowest BCUT2D eigenvalue weighted by atomic mass is 10.2. The number of nitrogens with one attached hydrogen (secondary N) is 1. The number of fused-ring (bicyclic) bond motifs is 1. The van der Waals surface area contributed by atoms with E-state index in [1.54, 1.807) is 12.1 Å². The van der Waals surface area contributed by atoms with Crippen LogP contribution in [0.5, 0.6) is 5.75 Å². The molecule has 0 radical (unpaired) electrons. The van der Waals surface area contributed by atoms with E-state index in [0.717, 1.165) is 0 Å². The Kier molecular flexibility index (Phi) is 1.92. The molecule has 0 bridgehead atoms. The monoisotopic (exact) mass is 261 g/mol. The molecule has 19 heavy (non-hydrogen) atoms. The second-order valence-electron chi connectivity index (χ2n) is 3.99. The zero-order chi connectivity index (χ0) is 15.9. The van der Waals surface area contributed by atoms with Gasteiger partial charge in [-0.25, -0.2) is 4.98 Å². The number of phenols is 1. The number of furan rings is 1. The first-order valence-electron chi connectivity index (χ1n) is 6.99. The minimum absolute atomic E-state index is 0.0793. The zero-order valence-corrected chi connectivity index (χ0v) is 9.64. The molecular formula is C14H11FN2O2. The summed E-state index contributed by atoms with van der Waals surface area (Å²) >= 11 is 0. The lowest BCUT2D eigenvalue weighted by molar-refractivity contribution is 0.476. The molecule has 0 spiro atoms. The molecule has 2 N–H and O–H groups in total. The highest BCUT2D eigenvalue weighted by molar-refractivity contribution is 5.84. The van der Waals surface area contributed by atoms with Gasteiger partial charge in [-0.15, -0.1) is 0 Å². The molecule has 2 aromatic heterocycles. The smallest absolute Gasteiger partial charge is 0.225 e. The van der Waals surface area contributed by atoms with Crippen LogP contribution in [-0.4, -0.2) is 17.1 Å². The van der Waals surface area contributed by atoms with Crippen LogP contribution >= 0.6 is 0 Å². The number of aromatic nitrogens is 1. The number of aromatic hydroxyl groups is 1. The molecule has 0 amide bonds. The summed E-state index contributed by atoms with van der Waals surface area (Å²) in [6, 6.07) is 8.85. The van der Waals surface area contributed by atoms with E-state index in [1.165, 1.54) is 24.3 Å². The summed E-state index contributed by atoms with van der Waals surface area (Å²) in [6.45, 7) is -2.45. The highest BCUT2D eigenvalue weighted by Crippen LogP contribution is 2.31. The summed E-state index contributed by atoms with van der Waals surface area (Å²) in [5.41, 5.74) is 0.601. The average Bonchev–Trinajstić information content (AvgIpc) is 2.79. The minimum atomic E-state index is -2.45. The Morgan fingerprint density at radius 2 is 2.21 bits per heavy atom. The molecule has 0 saturated heterocycles. The summed E-state index contributed by atoms with van der Waals surface area (Å²) in [6.07, 6.45) is 0. The lowest BCUT2D eigenvalue weighted by Crippen LogP contribution is -1.95. The van der Waals surface area contributed by atoms with Gasteiger partial charge in [0.15, 0.2) is 0 Å². The fourth-order valence-electron chi connectivity index (χ4n) is 1.85. The Morgan fingerprint density at radius 3 is 3.00 bits per heavy atom. The van der Waals surface area contributed by atoms with Gasteiger partial charge in [-0.3, -0.25) is 0 Å². The van der Waals surface area contributed by atoms with Gasteiger partial charge in [0.1, 0.15) is 22.9 Å². The molecule has 2 heterocycles. The number of pyridine rings is 1. The number of nitrogens with zero attached hydrogens (tertiary/aromatic N) is 1. The van der Waals surface area contributed by atoms with Crippen molar-refractivity contribution in [2.75, 3.05) is 12.3 Å². The summed E-state index contributed by atoms with van der Waals surface area (Å²) in [4.78, 5) is 3.58. The van der Waals surface area contributed by atoms with Gasteiger partial charge >= 0.3 is 0 Å². The summed E-state index contributed by atoms with van der Waals surface area (Å²) in [5.74, 6) is -0.616. The molecule has 4 nitrogen and oxygen atoms in total. The first-order valence-corrected chi connectivity index (χ1v) is 5.49. The van der Waals surface area contributed by atoms with Crippen molar-refractivity contribution < 1.29 is 18.0 Å². The first-order chi connectivity index (χ1) is 10.3. The maximum Gasteiger partial charge on any atom is 0.225 e. The molecule has 0 aliphatic rings. The van der Waals surface area contributed by atoms with E-state index >= 15 is 0 Å². The third-order valence-electron chi connectivity index (χ3n) is 2.74. The van der Waals surface area contributed by atoms with E-state index < -0.39 is 12.9 Å². The Labute approximate surface area is 112 Å². The highest BCUT2D eigenvalue weighted by atomic mass is 19.1. The average molecular weight is 261 g/mol. The van der Waals surface area contributed by atoms with E-state index in [2.05, 4.69) is 10.3 Å². The summed E-state index contributed by atoms with van der Waals surface area (Å²) in [5, 5.41) is 12.2. The molecule has 1 aromatic carbocycles. The van der Waals surface area contributed by atoms with E-state index in [-0.39, 0.29) is 22.9 Å². The highest BCUT2D eigenvalue weighted by Gasteiger charge is 2.12. The van der Waals surface area contributed by atoms with Gasteiger partial charge in [-0.05, 0) is 36.4 Å². The largest absolute Gasteiger partial charge is 0.508 e. The molecule has 3 aromatic rings. The lowest BCUT2D eigenvalue weighted by Gasteiger charge is -2.01. The van der Waals surface area contributed by atoms with Crippen molar-refractivity contribution >= 4 is 16.8 Å². The van der Waals surface area contributed by atoms with Gasteiger partial charge in [-0.2, -0.15) is 4.39 Å². The predicted octanol–water partition coefficient (Wildman–Crippen LogP) is 3.38. The topological polar surface area (TPSA) is 58.3 Å². The maximum absolute atomic E-state index is 14.1. The van der Waals surface area contributed by atoms with Crippen molar-refractivity contribution in [3.8, 4) is 17.1 Å². The Balaban J connectivity index is 1.99. The fourth-order valence-corrected chi connectivity index (χ4v) is 1.85. The van der Waals surface area contributed by atoms with Crippen molar-refractivity contribution in [3.63, 3.8) is 0 Å². The van der Waals surface area contributed by atoms with E-state index in [4.69, 9.17) is 8.53 Å². The van der Waals surface area contributed by atoms with E-state index in [0.29, 0.717) is 11.0 Å². The van der Waals surface area contributed by atoms with Crippen molar-refractivity contribution in [2.45, 2.75) is 0 Å². The zero-order valence-electron chi connectivity index (χ0n) is 12.6. The number of hydrogen-bond acceptors (Lipinski definition) is 4. The van der Waals surface area contributed by atoms with Gasteiger partial charge < -0.3 is 14.8 Å². The summed E-state index contributed by atoms with van der Waals surface area (Å²) in [7, 11) is 0. The van der Waals surface area contributed by atoms with E-state index in [9.17, 15) is 9.50 Å². The number of benzene rings is 1. The third kappa shape index (κ3) is 1.99. The van der Waals surface area contributed by atoms with Crippen LogP contribution in [0.2, 0.25) is 0 Å². The van der Waals surface area contributed by atoms with Crippen molar-refractivity contribution in [1.82, 2.24) is 4.98 Å². The molecule has 0 unspecified atom stereocenters. The van der Waals surface area contributed by atoms with Gasteiger partial charge in [0.05, 0.1) is 5.56 Å². The molecule has 5 heteroatoms. The van der Waals surface area contributed by atoms with Crippen LogP contribution in [0, 0.1) is 5.95 Å². The van der Waals surface area contributed by atoms with Gasteiger partial charge in [-0.1, -0.05) is 0 Å². The van der Waals surface area contributed by atoms with Gasteiger partial charge in [0.25, 0.3) is 0 Å². The molecular weight excluding hydrogens is 247 g/mol. The van der Waals surface area contributed by atoms with Crippen LogP contribution < -0.4 is 5.32 Å². The van der Waals surface area contributed by atoms with Crippen LogP contribution in [0.15, 0.2) is 40.8 Å². The standard InChI is InChI=1S/C14H11FN2O2/c1-16-13-5-3-10(14(15)17-13)12-7-8-6-9(18)2-4-11(8)19-12/h2-7,18H,1H3,(H,16,17)/i1D3. The van der Waals surface area contributed by atoms with Crippen LogP contribution in [0.1, 0.15) is 4.11 Å². The SMILES string of the molecule is [2H]C([2H])([2H])Nc1ccc(-c2cc3cc(O)ccc3o2)c(F)n1. The quantitative estimate of drug-likeness (QED) is 0.694. The molecule has 96 valence electrons. The second kappa shape index (κ2) is 4.28. The molecule has 0 saturated carbocycles. The van der Waals surface area contributed by atoms with Crippen molar-refractivity contribution in [1.29, 1.82) is 0 Å². The number of anilines is 1. The first kappa shape index (κ1) is 8.53. The molecule has 0 fully saturated rings. The normalized spacial score (nSPS) is 13.8. The number of halogens is 1. The van der Waals surface area contributed by atoms with E-state index in [1.807, 2.05) is 0 Å². The van der Waals surface area contributed by atoms with Gasteiger partial charge in [0, 0.05) is 16.5 Å². The molecule has 0 atom stereocenters. The van der Waals surface area contributed by atoms with Crippen LogP contribution in [0.25, 0.3) is 22.3 Å². The Hall–Kier alpha value is -2.56. The van der Waals surface area contributed by atoms with Crippen molar-refractivity contribution in [3.05, 3.63) is 42.3 Å². The second-order valence-corrected chi connectivity index (χ2v) is 3.99. The Morgan fingerprint density at radius 1 is 1.32 bits per heavy atom.